The van der Waals surface area contributed by atoms with E-state index in [-0.39, 0.29) is 24.5 Å². The van der Waals surface area contributed by atoms with Crippen molar-refractivity contribution in [2.24, 2.45) is 11.3 Å². The van der Waals surface area contributed by atoms with Crippen LogP contribution in [0.15, 0.2) is 24.3 Å². The molecular weight excluding hydrogens is 328 g/mol. The van der Waals surface area contributed by atoms with Crippen molar-refractivity contribution >= 4 is 17.5 Å². The van der Waals surface area contributed by atoms with E-state index in [4.69, 9.17) is 16.3 Å². The molecule has 0 aromatic heterocycles. The molecule has 2 heterocycles. The van der Waals surface area contributed by atoms with Crippen molar-refractivity contribution in [3.63, 3.8) is 0 Å². The fraction of sp³-hybridized carbons (Fsp3) is 0.611. The summed E-state index contributed by atoms with van der Waals surface area (Å²) >= 11 is 6.28. The zero-order valence-electron chi connectivity index (χ0n) is 14.1. The average molecular weight is 353 g/mol. The summed E-state index contributed by atoms with van der Waals surface area (Å²) in [6.45, 7) is 4.07. The molecule has 1 aromatic rings. The number of benzene rings is 1. The van der Waals surface area contributed by atoms with E-state index in [2.05, 4.69) is 4.90 Å². The van der Waals surface area contributed by atoms with Gasteiger partial charge in [0.25, 0.3) is 0 Å². The summed E-state index contributed by atoms with van der Waals surface area (Å²) < 4.78 is 4.97. The maximum atomic E-state index is 12.2. The Morgan fingerprint density at radius 2 is 2.21 bits per heavy atom. The van der Waals surface area contributed by atoms with Gasteiger partial charge in [-0.05, 0) is 30.5 Å². The fourth-order valence-corrected chi connectivity index (χ4v) is 4.30. The van der Waals surface area contributed by atoms with Crippen LogP contribution in [-0.4, -0.2) is 67.3 Å². The van der Waals surface area contributed by atoms with Gasteiger partial charge in [-0.15, -0.1) is 0 Å². The lowest BCUT2D eigenvalue weighted by molar-refractivity contribution is -0.134. The number of carbonyl (C=O) groups excluding carboxylic acids is 1. The van der Waals surface area contributed by atoms with E-state index in [9.17, 15) is 9.90 Å². The predicted octanol–water partition coefficient (Wildman–Crippen LogP) is 1.63. The van der Waals surface area contributed by atoms with Crippen molar-refractivity contribution < 1.29 is 14.6 Å². The van der Waals surface area contributed by atoms with E-state index in [0.29, 0.717) is 12.5 Å². The van der Waals surface area contributed by atoms with E-state index >= 15 is 0 Å². The first-order valence-electron chi connectivity index (χ1n) is 8.41. The van der Waals surface area contributed by atoms with E-state index in [1.54, 1.807) is 0 Å². The number of likely N-dealkylation sites (tertiary alicyclic amines) is 2. The maximum absolute atomic E-state index is 12.2. The largest absolute Gasteiger partial charge is 0.396 e. The van der Waals surface area contributed by atoms with Gasteiger partial charge in [0.05, 0.1) is 6.61 Å². The zero-order chi connectivity index (χ0) is 17.2. The van der Waals surface area contributed by atoms with Crippen molar-refractivity contribution in [1.82, 2.24) is 9.80 Å². The van der Waals surface area contributed by atoms with Crippen LogP contribution in [0.5, 0.6) is 0 Å². The second-order valence-electron chi connectivity index (χ2n) is 7.02. The first-order valence-corrected chi connectivity index (χ1v) is 8.79. The minimum Gasteiger partial charge on any atom is -0.396 e. The smallest absolute Gasteiger partial charge is 0.248 e. The van der Waals surface area contributed by atoms with Crippen LogP contribution in [0, 0.1) is 11.3 Å². The number of piperidine rings is 1. The Balaban J connectivity index is 1.70. The Labute approximate surface area is 148 Å². The summed E-state index contributed by atoms with van der Waals surface area (Å²) in [5.74, 6) is 0.364. The molecule has 0 bridgehead atoms. The minimum atomic E-state index is -0.233. The van der Waals surface area contributed by atoms with Gasteiger partial charge < -0.3 is 14.7 Å². The number of aliphatic hydroxyl groups excluding tert-OH is 1. The Morgan fingerprint density at radius 3 is 2.92 bits per heavy atom. The number of hydrogen-bond acceptors (Lipinski definition) is 4. The van der Waals surface area contributed by atoms with Crippen LogP contribution in [0.4, 0.5) is 0 Å². The molecule has 1 amide bonds. The normalized spacial score (nSPS) is 27.3. The van der Waals surface area contributed by atoms with Crippen molar-refractivity contribution in [3.8, 4) is 0 Å². The van der Waals surface area contributed by atoms with E-state index in [1.807, 2.05) is 29.2 Å². The third-order valence-electron chi connectivity index (χ3n) is 5.43. The summed E-state index contributed by atoms with van der Waals surface area (Å²) in [4.78, 5) is 16.3. The quantitative estimate of drug-likeness (QED) is 0.875. The van der Waals surface area contributed by atoms with Gasteiger partial charge in [0.2, 0.25) is 5.91 Å². The molecule has 1 N–H and O–H groups in total. The molecule has 3 rings (SSSR count). The summed E-state index contributed by atoms with van der Waals surface area (Å²) in [6, 6.07) is 7.88. The maximum Gasteiger partial charge on any atom is 0.248 e. The molecule has 2 aliphatic rings. The van der Waals surface area contributed by atoms with Crippen molar-refractivity contribution in [3.05, 3.63) is 34.9 Å². The lowest BCUT2D eigenvalue weighted by atomic mass is 9.74. The number of hydrogen-bond donors (Lipinski definition) is 1. The number of halogens is 1. The van der Waals surface area contributed by atoms with Gasteiger partial charge in [0.15, 0.2) is 0 Å². The highest BCUT2D eigenvalue weighted by atomic mass is 35.5. The molecule has 0 saturated carbocycles. The monoisotopic (exact) mass is 352 g/mol. The van der Waals surface area contributed by atoms with Crippen molar-refractivity contribution in [2.45, 2.75) is 13.0 Å². The Hall–Kier alpha value is -1.14. The molecule has 0 radical (unpaired) electrons. The fourth-order valence-electron chi connectivity index (χ4n) is 4.11. The molecule has 5 nitrogen and oxygen atoms in total. The summed E-state index contributed by atoms with van der Waals surface area (Å²) in [6.07, 6.45) is 0.988. The molecule has 0 unspecified atom stereocenters. The van der Waals surface area contributed by atoms with Crippen LogP contribution < -0.4 is 0 Å². The van der Waals surface area contributed by atoms with Gasteiger partial charge in [0.1, 0.15) is 6.61 Å². The molecule has 2 fully saturated rings. The number of methoxy groups -OCH3 is 1. The number of amides is 1. The Kier molecular flexibility index (Phi) is 5.45. The number of ether oxygens (including phenoxy) is 1. The molecule has 24 heavy (non-hydrogen) atoms. The summed E-state index contributed by atoms with van der Waals surface area (Å²) in [5.41, 5.74) is 0.874. The van der Waals surface area contributed by atoms with Crippen LogP contribution in [0.1, 0.15) is 12.0 Å². The second kappa shape index (κ2) is 7.40. The molecule has 2 aliphatic heterocycles. The molecule has 2 saturated heterocycles. The van der Waals surface area contributed by atoms with Gasteiger partial charge in [0, 0.05) is 43.7 Å². The second-order valence-corrected chi connectivity index (χ2v) is 7.42. The zero-order valence-corrected chi connectivity index (χ0v) is 14.8. The number of rotatable bonds is 5. The average Bonchev–Trinajstić information content (AvgIpc) is 2.97. The Bertz CT molecular complexity index is 597. The minimum absolute atomic E-state index is 0.0115. The van der Waals surface area contributed by atoms with E-state index in [1.165, 1.54) is 7.11 Å². The van der Waals surface area contributed by atoms with Gasteiger partial charge >= 0.3 is 0 Å². The first kappa shape index (κ1) is 17.7. The number of nitrogens with zero attached hydrogens (tertiary/aromatic N) is 2. The number of carbonyl (C=O) groups is 1. The van der Waals surface area contributed by atoms with Crippen LogP contribution in [-0.2, 0) is 16.1 Å². The first-order chi connectivity index (χ1) is 11.6. The Morgan fingerprint density at radius 1 is 1.42 bits per heavy atom. The van der Waals surface area contributed by atoms with Crippen LogP contribution in [0.25, 0.3) is 0 Å². The number of aliphatic hydroxyl groups is 1. The molecular formula is C18H25ClN2O3. The summed E-state index contributed by atoms with van der Waals surface area (Å²) in [7, 11) is 1.54. The highest BCUT2D eigenvalue weighted by Crippen LogP contribution is 2.42. The van der Waals surface area contributed by atoms with Crippen LogP contribution >= 0.6 is 11.6 Å². The molecule has 6 heteroatoms. The molecule has 1 aromatic carbocycles. The SMILES string of the molecule is COCC(=O)N1C[C@@H]2CCN(Cc3ccccc3Cl)C[C@]2(CO)C1. The van der Waals surface area contributed by atoms with Crippen LogP contribution in [0.3, 0.4) is 0 Å². The standard InChI is InChI=1S/C18H25ClN2O3/c1-24-10-17(23)21-9-15-6-7-20(11-18(15,12-21)13-22)8-14-4-2-3-5-16(14)19/h2-5,15,22H,6-13H2,1H3/t15-,18+/m0/s1. The van der Waals surface area contributed by atoms with E-state index < -0.39 is 0 Å². The van der Waals surface area contributed by atoms with Gasteiger partial charge in [-0.25, -0.2) is 0 Å². The third-order valence-corrected chi connectivity index (χ3v) is 5.80. The van der Waals surface area contributed by atoms with Crippen molar-refractivity contribution in [1.29, 1.82) is 0 Å². The lowest BCUT2D eigenvalue weighted by Gasteiger charge is -2.43. The van der Waals surface area contributed by atoms with Gasteiger partial charge in [-0.1, -0.05) is 29.8 Å². The van der Waals surface area contributed by atoms with Crippen LogP contribution in [0.2, 0.25) is 5.02 Å². The molecule has 0 aliphatic carbocycles. The lowest BCUT2D eigenvalue weighted by Crippen LogP contribution is -2.50. The predicted molar refractivity (Wildman–Crippen MR) is 92.8 cm³/mol. The molecule has 132 valence electrons. The number of fused-ring (bicyclic) bond motifs is 1. The highest BCUT2D eigenvalue weighted by molar-refractivity contribution is 6.31. The van der Waals surface area contributed by atoms with E-state index in [0.717, 1.165) is 43.2 Å². The molecule has 0 spiro atoms. The van der Waals surface area contributed by atoms with Gasteiger partial charge in [-0.2, -0.15) is 0 Å². The molecule has 2 atom stereocenters. The van der Waals surface area contributed by atoms with Gasteiger partial charge in [-0.3, -0.25) is 9.69 Å². The third kappa shape index (κ3) is 3.45. The summed E-state index contributed by atoms with van der Waals surface area (Å²) in [5, 5.41) is 10.9. The topological polar surface area (TPSA) is 53.0 Å². The highest BCUT2D eigenvalue weighted by Gasteiger charge is 2.50. The van der Waals surface area contributed by atoms with Crippen molar-refractivity contribution in [2.75, 3.05) is 46.5 Å².